The van der Waals surface area contributed by atoms with E-state index in [0.29, 0.717) is 25.7 Å². The van der Waals surface area contributed by atoms with Crippen molar-refractivity contribution in [2.24, 2.45) is 5.41 Å². The fraction of sp³-hybridized carbons (Fsp3) is 0.920. The van der Waals surface area contributed by atoms with E-state index in [1.54, 1.807) is 0 Å². The molecule has 0 saturated carbocycles. The molecule has 12 atom stereocenters. The van der Waals surface area contributed by atoms with Gasteiger partial charge in [-0.1, -0.05) is 25.0 Å². The Morgan fingerprint density at radius 3 is 1.86 bits per heavy atom. The average molecular weight is 537 g/mol. The highest BCUT2D eigenvalue weighted by atomic mass is 16.7. The van der Waals surface area contributed by atoms with E-state index >= 15 is 0 Å². The molecule has 2 fully saturated rings. The Bertz CT molecular complexity index is 771. The second-order valence-electron chi connectivity index (χ2n) is 11.2. The van der Waals surface area contributed by atoms with Crippen LogP contribution < -0.4 is 0 Å². The molecule has 12 heteroatoms. The zero-order valence-corrected chi connectivity index (χ0v) is 21.9. The summed E-state index contributed by atoms with van der Waals surface area (Å²) in [6, 6.07) is 0. The van der Waals surface area contributed by atoms with E-state index in [9.17, 15) is 40.9 Å². The van der Waals surface area contributed by atoms with Crippen molar-refractivity contribution in [1.29, 1.82) is 0 Å². The zero-order valence-electron chi connectivity index (χ0n) is 21.9. The van der Waals surface area contributed by atoms with Crippen LogP contribution in [0.4, 0.5) is 0 Å². The largest absolute Gasteiger partial charge is 0.394 e. The van der Waals surface area contributed by atoms with Crippen LogP contribution in [0.2, 0.25) is 0 Å². The zero-order chi connectivity index (χ0) is 27.7. The monoisotopic (exact) mass is 536 g/mol. The van der Waals surface area contributed by atoms with E-state index < -0.39 is 74.6 Å². The molecular weight excluding hydrogens is 492 g/mol. The highest BCUT2D eigenvalue weighted by Gasteiger charge is 2.47. The fourth-order valence-corrected chi connectivity index (χ4v) is 5.65. The lowest BCUT2D eigenvalue weighted by Crippen LogP contribution is -2.59. The molecule has 37 heavy (non-hydrogen) atoms. The number of hydrogen-bond donors (Lipinski definition) is 8. The van der Waals surface area contributed by atoms with Crippen molar-refractivity contribution >= 4 is 0 Å². The lowest BCUT2D eigenvalue weighted by atomic mass is 9.70. The SMILES string of the molecule is CC1=C(CCC(C)OC2OC(CO)C(O)C(O)C2O)C(C)(C)CC(OC2OC(CO)C(O)C(O)C2O)C1. The minimum atomic E-state index is -1.50. The Hall–Kier alpha value is -0.740. The topological polar surface area (TPSA) is 199 Å². The molecule has 0 aromatic rings. The molecule has 12 unspecified atom stereocenters. The van der Waals surface area contributed by atoms with Gasteiger partial charge in [0.1, 0.15) is 48.8 Å². The highest BCUT2D eigenvalue weighted by molar-refractivity contribution is 5.24. The quantitative estimate of drug-likeness (QED) is 0.156. The molecule has 3 aliphatic rings. The Kier molecular flexibility index (Phi) is 10.5. The minimum absolute atomic E-state index is 0.274. The van der Waals surface area contributed by atoms with Crippen LogP contribution >= 0.6 is 0 Å². The van der Waals surface area contributed by atoms with Crippen molar-refractivity contribution in [1.82, 2.24) is 0 Å². The number of aliphatic hydroxyl groups is 8. The van der Waals surface area contributed by atoms with Gasteiger partial charge in [0, 0.05) is 0 Å². The third kappa shape index (κ3) is 6.89. The van der Waals surface area contributed by atoms with Gasteiger partial charge in [-0.25, -0.2) is 0 Å². The standard InChI is InChI=1S/C25H44O12/c1-11-7-13(35-24-22(33)20(31)18(29)16(10-27)37-24)8-25(3,4)14(11)6-5-12(2)34-23-21(32)19(30)17(28)15(9-26)36-23/h12-13,15-24,26-33H,5-10H2,1-4H3. The predicted molar refractivity (Wildman–Crippen MR) is 128 cm³/mol. The summed E-state index contributed by atoms with van der Waals surface area (Å²) in [5.74, 6) is 0. The number of rotatable bonds is 9. The van der Waals surface area contributed by atoms with E-state index in [1.165, 1.54) is 5.57 Å². The molecule has 3 rings (SSSR count). The summed E-state index contributed by atoms with van der Waals surface area (Å²) in [4.78, 5) is 0. The summed E-state index contributed by atoms with van der Waals surface area (Å²) in [5.41, 5.74) is 2.04. The summed E-state index contributed by atoms with van der Waals surface area (Å²) in [6.07, 6.45) is -11.4. The maximum absolute atomic E-state index is 10.3. The van der Waals surface area contributed by atoms with Gasteiger partial charge in [-0.05, 0) is 44.9 Å². The molecule has 12 nitrogen and oxygen atoms in total. The molecule has 0 spiro atoms. The molecule has 2 heterocycles. The van der Waals surface area contributed by atoms with E-state index in [1.807, 2.05) is 13.8 Å². The average Bonchev–Trinajstić information content (AvgIpc) is 2.83. The molecule has 0 radical (unpaired) electrons. The van der Waals surface area contributed by atoms with Crippen LogP contribution in [0, 0.1) is 5.41 Å². The molecule has 0 aromatic carbocycles. The first-order chi connectivity index (χ1) is 17.3. The molecule has 8 N–H and O–H groups in total. The summed E-state index contributed by atoms with van der Waals surface area (Å²) in [6.45, 7) is 6.94. The van der Waals surface area contributed by atoms with Gasteiger partial charge in [0.05, 0.1) is 25.4 Å². The van der Waals surface area contributed by atoms with Gasteiger partial charge in [0.25, 0.3) is 0 Å². The lowest BCUT2D eigenvalue weighted by Gasteiger charge is -2.44. The van der Waals surface area contributed by atoms with E-state index in [4.69, 9.17) is 18.9 Å². The molecule has 0 bridgehead atoms. The van der Waals surface area contributed by atoms with Crippen LogP contribution in [0.15, 0.2) is 11.1 Å². The van der Waals surface area contributed by atoms with Crippen molar-refractivity contribution in [2.75, 3.05) is 13.2 Å². The normalized spacial score (nSPS) is 43.6. The van der Waals surface area contributed by atoms with Crippen LogP contribution in [-0.4, -0.2) is 128 Å². The smallest absolute Gasteiger partial charge is 0.186 e. The van der Waals surface area contributed by atoms with Crippen LogP contribution in [0.3, 0.4) is 0 Å². The molecule has 216 valence electrons. The molecule has 0 aromatic heterocycles. The molecule has 2 aliphatic heterocycles. The first-order valence-corrected chi connectivity index (χ1v) is 12.9. The van der Waals surface area contributed by atoms with Gasteiger partial charge in [-0.2, -0.15) is 0 Å². The Labute approximate surface area is 217 Å². The van der Waals surface area contributed by atoms with Crippen molar-refractivity contribution in [3.05, 3.63) is 11.1 Å². The maximum Gasteiger partial charge on any atom is 0.186 e. The summed E-state index contributed by atoms with van der Waals surface area (Å²) >= 11 is 0. The highest BCUT2D eigenvalue weighted by Crippen LogP contribution is 2.44. The van der Waals surface area contributed by atoms with Gasteiger partial charge in [-0.3, -0.25) is 0 Å². The van der Waals surface area contributed by atoms with E-state index in [-0.39, 0.29) is 17.6 Å². The van der Waals surface area contributed by atoms with Gasteiger partial charge < -0.3 is 59.8 Å². The second-order valence-corrected chi connectivity index (χ2v) is 11.2. The molecule has 1 aliphatic carbocycles. The molecule has 2 saturated heterocycles. The van der Waals surface area contributed by atoms with Crippen molar-refractivity contribution in [2.45, 2.75) is 127 Å². The number of ether oxygens (including phenoxy) is 4. The minimum Gasteiger partial charge on any atom is -0.394 e. The van der Waals surface area contributed by atoms with Crippen LogP contribution in [0.5, 0.6) is 0 Å². The first kappa shape index (κ1) is 30.8. The fourth-order valence-electron chi connectivity index (χ4n) is 5.65. The number of hydrogen-bond acceptors (Lipinski definition) is 12. The summed E-state index contributed by atoms with van der Waals surface area (Å²) in [7, 11) is 0. The lowest BCUT2D eigenvalue weighted by molar-refractivity contribution is -0.313. The Morgan fingerprint density at radius 2 is 1.35 bits per heavy atom. The third-order valence-corrected chi connectivity index (χ3v) is 7.79. The van der Waals surface area contributed by atoms with Crippen LogP contribution in [-0.2, 0) is 18.9 Å². The summed E-state index contributed by atoms with van der Waals surface area (Å²) in [5, 5.41) is 79.3. The van der Waals surface area contributed by atoms with E-state index in [0.717, 1.165) is 5.57 Å². The Balaban J connectivity index is 1.58. The Morgan fingerprint density at radius 1 is 0.838 bits per heavy atom. The van der Waals surface area contributed by atoms with Crippen LogP contribution in [0.25, 0.3) is 0 Å². The van der Waals surface area contributed by atoms with Gasteiger partial charge in [-0.15, -0.1) is 0 Å². The van der Waals surface area contributed by atoms with Crippen molar-refractivity contribution in [3.63, 3.8) is 0 Å². The van der Waals surface area contributed by atoms with E-state index in [2.05, 4.69) is 13.8 Å². The summed E-state index contributed by atoms with van der Waals surface area (Å²) < 4.78 is 22.8. The van der Waals surface area contributed by atoms with Gasteiger partial charge in [0.2, 0.25) is 0 Å². The third-order valence-electron chi connectivity index (χ3n) is 7.79. The van der Waals surface area contributed by atoms with Gasteiger partial charge >= 0.3 is 0 Å². The molecule has 0 amide bonds. The second kappa shape index (κ2) is 12.6. The molecular formula is C25H44O12. The van der Waals surface area contributed by atoms with Crippen molar-refractivity contribution in [3.8, 4) is 0 Å². The number of allylic oxidation sites excluding steroid dienone is 1. The van der Waals surface area contributed by atoms with Gasteiger partial charge in [0.15, 0.2) is 12.6 Å². The first-order valence-electron chi connectivity index (χ1n) is 12.9. The number of aliphatic hydroxyl groups excluding tert-OH is 8. The predicted octanol–water partition coefficient (Wildman–Crippen LogP) is -1.71. The van der Waals surface area contributed by atoms with Crippen molar-refractivity contribution < 1.29 is 59.8 Å². The maximum atomic E-state index is 10.3. The van der Waals surface area contributed by atoms with Crippen LogP contribution in [0.1, 0.15) is 53.4 Å².